The highest BCUT2D eigenvalue weighted by molar-refractivity contribution is 7.88. The molecular formula is C23H25N3O4S2. The van der Waals surface area contributed by atoms with Crippen molar-refractivity contribution in [1.29, 1.82) is 0 Å². The monoisotopic (exact) mass is 471 g/mol. The quantitative estimate of drug-likeness (QED) is 0.428. The zero-order valence-corrected chi connectivity index (χ0v) is 19.6. The first-order valence-electron chi connectivity index (χ1n) is 10.0. The van der Waals surface area contributed by atoms with Crippen molar-refractivity contribution in [2.45, 2.75) is 19.6 Å². The third kappa shape index (κ3) is 6.25. The summed E-state index contributed by atoms with van der Waals surface area (Å²) in [4.78, 5) is 17.8. The minimum absolute atomic E-state index is 0.144. The lowest BCUT2D eigenvalue weighted by atomic mass is 10.2. The van der Waals surface area contributed by atoms with Gasteiger partial charge in [-0.3, -0.25) is 4.79 Å². The van der Waals surface area contributed by atoms with E-state index in [0.29, 0.717) is 28.4 Å². The summed E-state index contributed by atoms with van der Waals surface area (Å²) in [6.07, 6.45) is 1.49. The molecule has 1 heterocycles. The van der Waals surface area contributed by atoms with E-state index in [9.17, 15) is 13.2 Å². The highest BCUT2D eigenvalue weighted by Gasteiger charge is 2.17. The van der Waals surface area contributed by atoms with Crippen molar-refractivity contribution in [3.8, 4) is 16.3 Å². The number of aromatic nitrogens is 1. The molecule has 0 aliphatic rings. The third-order valence-corrected chi connectivity index (χ3v) is 6.96. The molecule has 0 aliphatic carbocycles. The molecule has 3 rings (SSSR count). The normalized spacial score (nSPS) is 11.2. The van der Waals surface area contributed by atoms with Crippen molar-refractivity contribution in [2.75, 3.05) is 18.5 Å². The fourth-order valence-corrected chi connectivity index (χ4v) is 4.99. The lowest BCUT2D eigenvalue weighted by Gasteiger charge is -2.07. The van der Waals surface area contributed by atoms with Gasteiger partial charge in [0.15, 0.2) is 0 Å². The van der Waals surface area contributed by atoms with Crippen molar-refractivity contribution in [2.24, 2.45) is 0 Å². The molecule has 32 heavy (non-hydrogen) atoms. The minimum atomic E-state index is -3.43. The van der Waals surface area contributed by atoms with E-state index in [-0.39, 0.29) is 18.2 Å². The smallest absolute Gasteiger partial charge is 0.267 e. The lowest BCUT2D eigenvalue weighted by Crippen LogP contribution is -2.25. The van der Waals surface area contributed by atoms with Gasteiger partial charge in [-0.2, -0.15) is 0 Å². The second-order valence-electron chi connectivity index (χ2n) is 6.94. The lowest BCUT2D eigenvalue weighted by molar-refractivity contribution is 0.103. The number of nitrogens with zero attached hydrogens (tertiary/aromatic N) is 1. The molecule has 3 aromatic rings. The van der Waals surface area contributed by atoms with Gasteiger partial charge in [0.2, 0.25) is 10.0 Å². The van der Waals surface area contributed by atoms with Gasteiger partial charge in [-0.15, -0.1) is 17.9 Å². The molecule has 168 valence electrons. The summed E-state index contributed by atoms with van der Waals surface area (Å²) in [6.45, 7) is 8.01. The molecule has 0 atom stereocenters. The van der Waals surface area contributed by atoms with Crippen LogP contribution >= 0.6 is 11.3 Å². The maximum atomic E-state index is 12.8. The van der Waals surface area contributed by atoms with E-state index in [2.05, 4.69) is 21.6 Å². The van der Waals surface area contributed by atoms with Crippen LogP contribution in [-0.2, 0) is 15.8 Å². The molecule has 0 fully saturated rings. The molecule has 1 amide bonds. The Balaban J connectivity index is 1.67. The number of ether oxygens (including phenoxy) is 1. The molecule has 0 radical (unpaired) electrons. The van der Waals surface area contributed by atoms with Crippen LogP contribution < -0.4 is 14.8 Å². The van der Waals surface area contributed by atoms with Crippen LogP contribution in [0.15, 0.2) is 61.2 Å². The van der Waals surface area contributed by atoms with Crippen LogP contribution in [0.3, 0.4) is 0 Å². The molecule has 0 bridgehead atoms. The summed E-state index contributed by atoms with van der Waals surface area (Å²) >= 11 is 1.32. The van der Waals surface area contributed by atoms with Crippen molar-refractivity contribution in [3.63, 3.8) is 0 Å². The van der Waals surface area contributed by atoms with Gasteiger partial charge in [0, 0.05) is 17.8 Å². The number of carbonyl (C=O) groups excluding carboxylic acids is 1. The average molecular weight is 472 g/mol. The van der Waals surface area contributed by atoms with Crippen LogP contribution in [0.2, 0.25) is 0 Å². The molecule has 7 nitrogen and oxygen atoms in total. The van der Waals surface area contributed by atoms with E-state index >= 15 is 0 Å². The Hall–Kier alpha value is -3.01. The first-order chi connectivity index (χ1) is 15.3. The standard InChI is InChI=1S/C23H25N3O4S2/c1-4-14-24-32(28,29)15-17-6-10-19(11-7-17)26-22(27)21-16(3)25-23(31-21)18-8-12-20(13-9-18)30-5-2/h4,6-13,24H,1,5,14-15H2,2-3H3,(H,26,27). The van der Waals surface area contributed by atoms with Gasteiger partial charge in [-0.25, -0.2) is 18.1 Å². The Morgan fingerprint density at radius 1 is 1.16 bits per heavy atom. The summed E-state index contributed by atoms with van der Waals surface area (Å²) in [6, 6.07) is 14.3. The Morgan fingerprint density at radius 3 is 2.47 bits per heavy atom. The van der Waals surface area contributed by atoms with Crippen LogP contribution in [0, 0.1) is 6.92 Å². The zero-order valence-electron chi connectivity index (χ0n) is 17.9. The number of nitrogens with one attached hydrogen (secondary N) is 2. The number of sulfonamides is 1. The molecule has 0 saturated carbocycles. The Morgan fingerprint density at radius 2 is 1.84 bits per heavy atom. The van der Waals surface area contributed by atoms with Crippen molar-refractivity contribution < 1.29 is 17.9 Å². The van der Waals surface area contributed by atoms with E-state index in [1.165, 1.54) is 17.4 Å². The second-order valence-corrected chi connectivity index (χ2v) is 9.74. The second kappa shape index (κ2) is 10.5. The summed E-state index contributed by atoms with van der Waals surface area (Å²) in [7, 11) is -3.43. The number of aryl methyl sites for hydroxylation is 1. The van der Waals surface area contributed by atoms with Gasteiger partial charge in [0.1, 0.15) is 15.6 Å². The van der Waals surface area contributed by atoms with Crippen LogP contribution in [0.4, 0.5) is 5.69 Å². The van der Waals surface area contributed by atoms with Crippen molar-refractivity contribution in [3.05, 3.63) is 77.3 Å². The number of carbonyl (C=O) groups is 1. The molecule has 2 aromatic carbocycles. The number of rotatable bonds is 10. The maximum Gasteiger partial charge on any atom is 0.267 e. The van der Waals surface area contributed by atoms with Crippen LogP contribution in [-0.4, -0.2) is 32.5 Å². The minimum Gasteiger partial charge on any atom is -0.494 e. The van der Waals surface area contributed by atoms with Crippen molar-refractivity contribution in [1.82, 2.24) is 9.71 Å². The van der Waals surface area contributed by atoms with E-state index in [1.54, 1.807) is 31.2 Å². The van der Waals surface area contributed by atoms with Crippen LogP contribution in [0.1, 0.15) is 27.9 Å². The maximum absolute atomic E-state index is 12.8. The Kier molecular flexibility index (Phi) is 7.79. The molecule has 9 heteroatoms. The predicted octanol–water partition coefficient (Wildman–Crippen LogP) is 4.37. The van der Waals surface area contributed by atoms with Crippen LogP contribution in [0.5, 0.6) is 5.75 Å². The number of amides is 1. The molecule has 1 aromatic heterocycles. The molecular weight excluding hydrogens is 446 g/mol. The largest absolute Gasteiger partial charge is 0.494 e. The molecule has 0 aliphatic heterocycles. The number of hydrogen-bond acceptors (Lipinski definition) is 6. The SMILES string of the molecule is C=CCNS(=O)(=O)Cc1ccc(NC(=O)c2sc(-c3ccc(OCC)cc3)nc2C)cc1. The number of hydrogen-bond donors (Lipinski definition) is 2. The van der Waals surface area contributed by atoms with Gasteiger partial charge in [-0.1, -0.05) is 18.2 Å². The third-order valence-electron chi connectivity index (χ3n) is 4.43. The fraction of sp³-hybridized carbons (Fsp3) is 0.217. The van der Waals surface area contributed by atoms with Gasteiger partial charge in [-0.05, 0) is 55.8 Å². The Bertz CT molecular complexity index is 1180. The predicted molar refractivity (Wildman–Crippen MR) is 129 cm³/mol. The van der Waals surface area contributed by atoms with Crippen molar-refractivity contribution >= 4 is 33.0 Å². The molecule has 2 N–H and O–H groups in total. The summed E-state index contributed by atoms with van der Waals surface area (Å²) in [5.41, 5.74) is 2.75. The molecule has 0 spiro atoms. The van der Waals surface area contributed by atoms with Crippen LogP contribution in [0.25, 0.3) is 10.6 Å². The van der Waals surface area contributed by atoms with Gasteiger partial charge >= 0.3 is 0 Å². The highest BCUT2D eigenvalue weighted by Crippen LogP contribution is 2.30. The van der Waals surface area contributed by atoms with E-state index in [1.807, 2.05) is 31.2 Å². The summed E-state index contributed by atoms with van der Waals surface area (Å²) < 4.78 is 31.8. The summed E-state index contributed by atoms with van der Waals surface area (Å²) in [5, 5.41) is 3.60. The number of thiazole rings is 1. The van der Waals surface area contributed by atoms with Gasteiger partial charge in [0.25, 0.3) is 5.91 Å². The molecule has 0 saturated heterocycles. The van der Waals surface area contributed by atoms with E-state index in [0.717, 1.165) is 16.3 Å². The van der Waals surface area contributed by atoms with Gasteiger partial charge < -0.3 is 10.1 Å². The summed E-state index contributed by atoms with van der Waals surface area (Å²) in [5.74, 6) is 0.384. The van der Waals surface area contributed by atoms with Gasteiger partial charge in [0.05, 0.1) is 18.1 Å². The van der Waals surface area contributed by atoms with E-state index < -0.39 is 10.0 Å². The number of benzene rings is 2. The first kappa shape index (κ1) is 23.6. The topological polar surface area (TPSA) is 97.4 Å². The Labute approximate surface area is 192 Å². The van der Waals surface area contributed by atoms with E-state index in [4.69, 9.17) is 4.74 Å². The first-order valence-corrected chi connectivity index (χ1v) is 12.5. The zero-order chi connectivity index (χ0) is 23.1. The highest BCUT2D eigenvalue weighted by atomic mass is 32.2. The average Bonchev–Trinajstić information content (AvgIpc) is 3.16. The molecule has 0 unspecified atom stereocenters. The fourth-order valence-electron chi connectivity index (χ4n) is 2.92. The number of anilines is 1.